The smallest absolute Gasteiger partial charge is 0.224 e. The van der Waals surface area contributed by atoms with Gasteiger partial charge in [0.15, 0.2) is 0 Å². The first kappa shape index (κ1) is 24.0. The van der Waals surface area contributed by atoms with Crippen molar-refractivity contribution in [1.82, 2.24) is 4.40 Å². The third-order valence-electron chi connectivity index (χ3n) is 9.65. The van der Waals surface area contributed by atoms with E-state index in [9.17, 15) is 0 Å². The predicted octanol–water partition coefficient (Wildman–Crippen LogP) is 8.86. The molecule has 0 fully saturated rings. The van der Waals surface area contributed by atoms with Gasteiger partial charge >= 0.3 is 0 Å². The maximum atomic E-state index is 2.60. The van der Waals surface area contributed by atoms with Crippen LogP contribution >= 0.6 is 0 Å². The second kappa shape index (κ2) is 8.87. The average Bonchev–Trinajstić information content (AvgIpc) is 3.40. The molecule has 0 spiro atoms. The van der Waals surface area contributed by atoms with Crippen molar-refractivity contribution < 1.29 is 4.57 Å². The van der Waals surface area contributed by atoms with Crippen molar-refractivity contribution in [2.24, 2.45) is 0 Å². The number of imidazole rings is 1. The summed E-state index contributed by atoms with van der Waals surface area (Å²) in [5, 5.41) is 2.78. The molecule has 0 saturated carbocycles. The molecule has 0 saturated heterocycles. The lowest BCUT2D eigenvalue weighted by molar-refractivity contribution is -0.750. The molecule has 1 aliphatic heterocycles. The normalized spacial score (nSPS) is 20.8. The Morgan fingerprint density at radius 1 is 0.811 bits per heavy atom. The van der Waals surface area contributed by atoms with Gasteiger partial charge in [0.1, 0.15) is 23.6 Å². The number of pyridine rings is 1. The first-order valence-corrected chi connectivity index (χ1v) is 14.2. The van der Waals surface area contributed by atoms with Crippen molar-refractivity contribution in [1.29, 1.82) is 0 Å². The number of benzene rings is 3. The van der Waals surface area contributed by atoms with Crippen LogP contribution in [0.5, 0.6) is 0 Å². The summed E-state index contributed by atoms with van der Waals surface area (Å²) in [6.45, 7) is 11.9. The molecule has 3 heterocycles. The second-order valence-electron chi connectivity index (χ2n) is 11.3. The maximum Gasteiger partial charge on any atom is 0.295 e. The summed E-state index contributed by atoms with van der Waals surface area (Å²) in [6.07, 6.45) is 10.4. The van der Waals surface area contributed by atoms with E-state index in [2.05, 4.69) is 129 Å². The van der Waals surface area contributed by atoms with Gasteiger partial charge in [-0.1, -0.05) is 107 Å². The van der Waals surface area contributed by atoms with Crippen LogP contribution in [0, 0.1) is 0 Å². The Hall–Kier alpha value is -3.39. The third kappa shape index (κ3) is 3.27. The molecule has 2 heteroatoms. The first-order valence-electron chi connectivity index (χ1n) is 14.2. The van der Waals surface area contributed by atoms with Gasteiger partial charge in [0.25, 0.3) is 5.65 Å². The number of aromatic nitrogens is 2. The SMILES string of the molecule is CCCCc1cccc(-c2c(-c3ccccc3)n3cc[n+]4c3c3c(cccc23)C(C)(CC)C4(C)CC)c1. The molecule has 2 unspecified atom stereocenters. The van der Waals surface area contributed by atoms with Gasteiger partial charge in [-0.05, 0) is 49.3 Å². The van der Waals surface area contributed by atoms with Crippen molar-refractivity contribution in [2.45, 2.75) is 77.7 Å². The Morgan fingerprint density at radius 3 is 2.30 bits per heavy atom. The van der Waals surface area contributed by atoms with E-state index in [0.717, 1.165) is 19.3 Å². The molecule has 0 N–H and O–H groups in total. The average molecular weight is 488 g/mol. The van der Waals surface area contributed by atoms with E-state index in [1.54, 1.807) is 0 Å². The van der Waals surface area contributed by atoms with Crippen LogP contribution in [0.3, 0.4) is 0 Å². The zero-order chi connectivity index (χ0) is 25.8. The van der Waals surface area contributed by atoms with Crippen LogP contribution in [0.2, 0.25) is 0 Å². The highest BCUT2D eigenvalue weighted by molar-refractivity contribution is 6.10. The molecule has 3 aromatic carbocycles. The summed E-state index contributed by atoms with van der Waals surface area (Å²) in [6, 6.07) is 27.3. The van der Waals surface area contributed by atoms with Crippen molar-refractivity contribution in [2.75, 3.05) is 0 Å². The Bertz CT molecular complexity index is 1610. The maximum absolute atomic E-state index is 2.60. The Kier molecular flexibility index (Phi) is 5.75. The number of nitrogens with zero attached hydrogens (tertiary/aromatic N) is 2. The standard InChI is InChI=1S/C35H39N2/c1-6-9-15-25-16-13-19-27(24-25)30-28-20-14-21-29-31(28)33-36(32(30)26-17-11-10-12-18-26)22-23-37(33)35(5,8-3)34(29,4)7-2/h10-14,16-24H,6-9,15H2,1-5H3/q+1. The summed E-state index contributed by atoms with van der Waals surface area (Å²) < 4.78 is 5.08. The van der Waals surface area contributed by atoms with Crippen LogP contribution in [-0.2, 0) is 17.4 Å². The Labute approximate surface area is 221 Å². The number of hydrogen-bond acceptors (Lipinski definition) is 0. The minimum atomic E-state index is -0.00662. The molecule has 188 valence electrons. The summed E-state index contributed by atoms with van der Waals surface area (Å²) in [4.78, 5) is 0. The summed E-state index contributed by atoms with van der Waals surface area (Å²) >= 11 is 0. The van der Waals surface area contributed by atoms with Gasteiger partial charge in [0.2, 0.25) is 0 Å². The van der Waals surface area contributed by atoms with Crippen LogP contribution < -0.4 is 4.57 Å². The molecular weight excluding hydrogens is 448 g/mol. The van der Waals surface area contributed by atoms with E-state index in [4.69, 9.17) is 0 Å². The van der Waals surface area contributed by atoms with Crippen LogP contribution in [0.1, 0.15) is 71.4 Å². The molecule has 37 heavy (non-hydrogen) atoms. The van der Waals surface area contributed by atoms with E-state index in [1.807, 2.05) is 0 Å². The van der Waals surface area contributed by atoms with Crippen LogP contribution in [0.4, 0.5) is 0 Å². The van der Waals surface area contributed by atoms with E-state index in [-0.39, 0.29) is 11.0 Å². The molecule has 2 atom stereocenters. The van der Waals surface area contributed by atoms with Crippen molar-refractivity contribution in [3.05, 3.63) is 96.3 Å². The molecule has 5 aromatic rings. The molecule has 6 rings (SSSR count). The minimum absolute atomic E-state index is 0.00662. The molecule has 0 bridgehead atoms. The Morgan fingerprint density at radius 2 is 1.57 bits per heavy atom. The van der Waals surface area contributed by atoms with Gasteiger partial charge in [0.05, 0.1) is 5.39 Å². The van der Waals surface area contributed by atoms with Gasteiger partial charge < -0.3 is 0 Å². The van der Waals surface area contributed by atoms with E-state index in [0.29, 0.717) is 0 Å². The summed E-state index contributed by atoms with van der Waals surface area (Å²) in [7, 11) is 0. The van der Waals surface area contributed by atoms with E-state index in [1.165, 1.54) is 62.8 Å². The van der Waals surface area contributed by atoms with E-state index < -0.39 is 0 Å². The molecule has 0 aliphatic carbocycles. The summed E-state index contributed by atoms with van der Waals surface area (Å²) in [5.74, 6) is 0. The quantitative estimate of drug-likeness (QED) is 0.203. The van der Waals surface area contributed by atoms with Gasteiger partial charge in [-0.25, -0.2) is 4.57 Å². The number of hydrogen-bond donors (Lipinski definition) is 0. The lowest BCUT2D eigenvalue weighted by Gasteiger charge is -2.46. The predicted molar refractivity (Wildman–Crippen MR) is 156 cm³/mol. The van der Waals surface area contributed by atoms with Crippen molar-refractivity contribution in [3.8, 4) is 22.4 Å². The van der Waals surface area contributed by atoms with Crippen LogP contribution in [-0.4, -0.2) is 4.40 Å². The summed E-state index contributed by atoms with van der Waals surface area (Å²) in [5.41, 5.74) is 9.47. The molecule has 0 amide bonds. The fourth-order valence-electron chi connectivity index (χ4n) is 7.04. The molecule has 2 aromatic heterocycles. The Balaban J connectivity index is 1.81. The molecule has 2 nitrogen and oxygen atoms in total. The highest BCUT2D eigenvalue weighted by Crippen LogP contribution is 2.51. The van der Waals surface area contributed by atoms with Crippen molar-refractivity contribution >= 4 is 16.4 Å². The number of aryl methyl sites for hydroxylation is 1. The monoisotopic (exact) mass is 487 g/mol. The van der Waals surface area contributed by atoms with Gasteiger partial charge in [-0.3, -0.25) is 0 Å². The van der Waals surface area contributed by atoms with Gasteiger partial charge in [-0.15, -0.1) is 0 Å². The van der Waals surface area contributed by atoms with Gasteiger partial charge in [-0.2, -0.15) is 4.40 Å². The second-order valence-corrected chi connectivity index (χ2v) is 11.3. The van der Waals surface area contributed by atoms with Crippen molar-refractivity contribution in [3.63, 3.8) is 0 Å². The number of unbranched alkanes of at least 4 members (excludes halogenated alkanes) is 1. The highest BCUT2D eigenvalue weighted by atomic mass is 15.2. The lowest BCUT2D eigenvalue weighted by Crippen LogP contribution is -2.65. The molecular formula is C35H39N2+. The van der Waals surface area contributed by atoms with Crippen LogP contribution in [0.15, 0.2) is 85.2 Å². The fraction of sp³-hybridized carbons (Fsp3) is 0.343. The molecule has 0 radical (unpaired) electrons. The highest BCUT2D eigenvalue weighted by Gasteiger charge is 2.53. The van der Waals surface area contributed by atoms with Crippen LogP contribution in [0.25, 0.3) is 38.8 Å². The van der Waals surface area contributed by atoms with Gasteiger partial charge in [0, 0.05) is 21.9 Å². The topological polar surface area (TPSA) is 8.29 Å². The third-order valence-corrected chi connectivity index (χ3v) is 9.65. The zero-order valence-electron chi connectivity index (χ0n) is 23.0. The zero-order valence-corrected chi connectivity index (χ0v) is 23.0. The fourth-order valence-corrected chi connectivity index (χ4v) is 7.04. The largest absolute Gasteiger partial charge is 0.295 e. The minimum Gasteiger partial charge on any atom is -0.224 e. The van der Waals surface area contributed by atoms with E-state index >= 15 is 0 Å². The molecule has 1 aliphatic rings. The lowest BCUT2D eigenvalue weighted by atomic mass is 9.61. The number of rotatable bonds is 7. The first-order chi connectivity index (χ1) is 18.0.